The summed E-state index contributed by atoms with van der Waals surface area (Å²) in [7, 11) is 0. The van der Waals surface area contributed by atoms with Gasteiger partial charge in [-0.05, 0) is 25.2 Å². The van der Waals surface area contributed by atoms with Crippen molar-refractivity contribution in [3.63, 3.8) is 0 Å². The summed E-state index contributed by atoms with van der Waals surface area (Å²) in [5.41, 5.74) is 0. The second-order valence-corrected chi connectivity index (χ2v) is 3.41. The van der Waals surface area contributed by atoms with Crippen molar-refractivity contribution in [1.82, 2.24) is 0 Å². The molecule has 0 aliphatic heterocycles. The van der Waals surface area contributed by atoms with Gasteiger partial charge in [-0.1, -0.05) is 6.42 Å². The average Bonchev–Trinajstić information content (AvgIpc) is 2.04. The molecule has 0 amide bonds. The molecular formula is C9H13F2NO. The van der Waals surface area contributed by atoms with E-state index in [2.05, 4.69) is 10.8 Å². The molecule has 2 unspecified atom stereocenters. The van der Waals surface area contributed by atoms with E-state index in [0.29, 0.717) is 19.3 Å². The Bertz CT molecular complexity index is 191. The average molecular weight is 189 g/mol. The van der Waals surface area contributed by atoms with Crippen molar-refractivity contribution in [2.45, 2.75) is 44.8 Å². The summed E-state index contributed by atoms with van der Waals surface area (Å²) in [6, 6.07) is 2.07. The van der Waals surface area contributed by atoms with Gasteiger partial charge in [0, 0.05) is 6.42 Å². The van der Waals surface area contributed by atoms with Crippen LogP contribution in [0.1, 0.15) is 32.1 Å². The largest absolute Gasteiger partial charge is 0.345 e. The maximum atomic E-state index is 11.8. The molecule has 1 rings (SSSR count). The van der Waals surface area contributed by atoms with Crippen LogP contribution in [0.2, 0.25) is 0 Å². The summed E-state index contributed by atoms with van der Waals surface area (Å²) in [5, 5.41) is 8.45. The van der Waals surface area contributed by atoms with Crippen molar-refractivity contribution < 1.29 is 13.5 Å². The second-order valence-electron chi connectivity index (χ2n) is 3.41. The number of hydrogen-bond acceptors (Lipinski definition) is 2. The highest BCUT2D eigenvalue weighted by molar-refractivity contribution is 4.81. The first-order valence-corrected chi connectivity index (χ1v) is 4.53. The highest BCUT2D eigenvalue weighted by Crippen LogP contribution is 2.29. The summed E-state index contributed by atoms with van der Waals surface area (Å²) in [6.45, 7) is -2.68. The predicted octanol–water partition coefficient (Wildman–Crippen LogP) is 2.70. The third kappa shape index (κ3) is 3.69. The number of rotatable bonds is 3. The molecule has 74 valence electrons. The Morgan fingerprint density at radius 3 is 2.85 bits per heavy atom. The molecule has 0 bridgehead atoms. The van der Waals surface area contributed by atoms with Crippen LogP contribution >= 0.6 is 0 Å². The van der Waals surface area contributed by atoms with Gasteiger partial charge in [0.05, 0.1) is 12.2 Å². The molecule has 0 spiro atoms. The van der Waals surface area contributed by atoms with Crippen LogP contribution in [-0.4, -0.2) is 12.7 Å². The summed E-state index contributed by atoms with van der Waals surface area (Å²) < 4.78 is 28.1. The predicted molar refractivity (Wildman–Crippen MR) is 43.1 cm³/mol. The molecule has 2 atom stereocenters. The molecule has 13 heavy (non-hydrogen) atoms. The van der Waals surface area contributed by atoms with Crippen LogP contribution in [0, 0.1) is 17.2 Å². The van der Waals surface area contributed by atoms with E-state index >= 15 is 0 Å². The smallest absolute Gasteiger partial charge is 0.320 e. The minimum Gasteiger partial charge on any atom is -0.320 e. The van der Waals surface area contributed by atoms with Crippen LogP contribution in [0.15, 0.2) is 0 Å². The van der Waals surface area contributed by atoms with Crippen molar-refractivity contribution in [1.29, 1.82) is 5.26 Å². The minimum absolute atomic E-state index is 0.252. The SMILES string of the molecule is N#CCC1CCCC(OC(F)F)C1. The third-order valence-corrected chi connectivity index (χ3v) is 2.41. The fraction of sp³-hybridized carbons (Fsp3) is 0.889. The van der Waals surface area contributed by atoms with Crippen LogP contribution in [-0.2, 0) is 4.74 Å². The van der Waals surface area contributed by atoms with Gasteiger partial charge in [0.15, 0.2) is 0 Å². The highest BCUT2D eigenvalue weighted by Gasteiger charge is 2.24. The van der Waals surface area contributed by atoms with Crippen LogP contribution in [0.25, 0.3) is 0 Å². The van der Waals surface area contributed by atoms with Gasteiger partial charge in [-0.2, -0.15) is 14.0 Å². The zero-order valence-electron chi connectivity index (χ0n) is 7.38. The molecule has 0 radical (unpaired) electrons. The van der Waals surface area contributed by atoms with Crippen molar-refractivity contribution in [3.05, 3.63) is 0 Å². The quantitative estimate of drug-likeness (QED) is 0.683. The first kappa shape index (κ1) is 10.4. The summed E-state index contributed by atoms with van der Waals surface area (Å²) in [5.74, 6) is 0.252. The first-order valence-electron chi connectivity index (χ1n) is 4.53. The Hall–Kier alpha value is -0.690. The van der Waals surface area contributed by atoms with Gasteiger partial charge >= 0.3 is 6.61 Å². The van der Waals surface area contributed by atoms with Gasteiger partial charge in [-0.15, -0.1) is 0 Å². The molecule has 4 heteroatoms. The second kappa shape index (κ2) is 5.13. The van der Waals surface area contributed by atoms with Gasteiger partial charge in [0.1, 0.15) is 0 Å². The Balaban J connectivity index is 2.29. The van der Waals surface area contributed by atoms with Gasteiger partial charge in [-0.3, -0.25) is 0 Å². The Labute approximate surface area is 76.5 Å². The fourth-order valence-corrected chi connectivity index (χ4v) is 1.83. The number of nitriles is 1. The standard InChI is InChI=1S/C9H13F2NO/c10-9(11)13-8-3-1-2-7(6-8)4-5-12/h7-9H,1-4,6H2. The van der Waals surface area contributed by atoms with E-state index < -0.39 is 6.61 Å². The van der Waals surface area contributed by atoms with Crippen LogP contribution in [0.3, 0.4) is 0 Å². The molecule has 0 aromatic heterocycles. The lowest BCUT2D eigenvalue weighted by molar-refractivity contribution is -0.172. The van der Waals surface area contributed by atoms with E-state index in [1.54, 1.807) is 0 Å². The lowest BCUT2D eigenvalue weighted by Crippen LogP contribution is -2.24. The number of nitrogens with zero attached hydrogens (tertiary/aromatic N) is 1. The molecule has 2 nitrogen and oxygen atoms in total. The van der Waals surface area contributed by atoms with Crippen molar-refractivity contribution in [2.75, 3.05) is 0 Å². The number of halogens is 2. The van der Waals surface area contributed by atoms with Gasteiger partial charge in [0.25, 0.3) is 0 Å². The zero-order chi connectivity index (χ0) is 9.68. The fourth-order valence-electron chi connectivity index (χ4n) is 1.83. The van der Waals surface area contributed by atoms with E-state index in [1.807, 2.05) is 0 Å². The minimum atomic E-state index is -2.68. The van der Waals surface area contributed by atoms with E-state index in [4.69, 9.17) is 5.26 Å². The van der Waals surface area contributed by atoms with Crippen LogP contribution in [0.4, 0.5) is 8.78 Å². The van der Waals surface area contributed by atoms with Crippen LogP contribution < -0.4 is 0 Å². The van der Waals surface area contributed by atoms with Gasteiger partial charge < -0.3 is 4.74 Å². The number of hydrogen-bond donors (Lipinski definition) is 0. The van der Waals surface area contributed by atoms with Gasteiger partial charge in [-0.25, -0.2) is 0 Å². The third-order valence-electron chi connectivity index (χ3n) is 2.41. The lowest BCUT2D eigenvalue weighted by atomic mass is 9.85. The summed E-state index contributed by atoms with van der Waals surface area (Å²) in [6.07, 6.45) is 3.29. The van der Waals surface area contributed by atoms with Crippen molar-refractivity contribution in [2.24, 2.45) is 5.92 Å². The van der Waals surface area contributed by atoms with Crippen molar-refractivity contribution >= 4 is 0 Å². The molecular weight excluding hydrogens is 176 g/mol. The summed E-state index contributed by atoms with van der Waals surface area (Å²) >= 11 is 0. The first-order chi connectivity index (χ1) is 6.22. The molecule has 0 saturated heterocycles. The van der Waals surface area contributed by atoms with Crippen LogP contribution in [0.5, 0.6) is 0 Å². The highest BCUT2D eigenvalue weighted by atomic mass is 19.3. The molecule has 1 aliphatic rings. The Kier molecular flexibility index (Phi) is 4.10. The maximum absolute atomic E-state index is 11.8. The molecule has 1 fully saturated rings. The lowest BCUT2D eigenvalue weighted by Gasteiger charge is -2.27. The molecule has 0 aromatic rings. The summed E-state index contributed by atoms with van der Waals surface area (Å²) in [4.78, 5) is 0. The van der Waals surface area contributed by atoms with E-state index in [-0.39, 0.29) is 12.0 Å². The van der Waals surface area contributed by atoms with E-state index in [0.717, 1.165) is 12.8 Å². The molecule has 1 saturated carbocycles. The molecule has 0 heterocycles. The molecule has 1 aliphatic carbocycles. The number of ether oxygens (including phenoxy) is 1. The molecule has 0 N–H and O–H groups in total. The molecule has 0 aromatic carbocycles. The van der Waals surface area contributed by atoms with E-state index in [1.165, 1.54) is 0 Å². The van der Waals surface area contributed by atoms with E-state index in [9.17, 15) is 8.78 Å². The maximum Gasteiger partial charge on any atom is 0.345 e. The monoisotopic (exact) mass is 189 g/mol. The number of alkyl halides is 2. The Morgan fingerprint density at radius 1 is 1.46 bits per heavy atom. The van der Waals surface area contributed by atoms with Crippen molar-refractivity contribution in [3.8, 4) is 6.07 Å². The Morgan fingerprint density at radius 2 is 2.23 bits per heavy atom. The normalized spacial score (nSPS) is 28.8. The van der Waals surface area contributed by atoms with Gasteiger partial charge in [0.2, 0.25) is 0 Å². The topological polar surface area (TPSA) is 33.0 Å². The zero-order valence-corrected chi connectivity index (χ0v) is 7.38.